The number of hydrogen-bond acceptors (Lipinski definition) is 7. The number of carbonyl (C=O) groups excluding carboxylic acids is 1. The van der Waals surface area contributed by atoms with Crippen molar-refractivity contribution in [2.75, 3.05) is 18.5 Å². The minimum absolute atomic E-state index is 0.0982. The molecule has 0 aliphatic carbocycles. The minimum atomic E-state index is -4.72. The number of hydrogen-bond donors (Lipinski definition) is 1. The van der Waals surface area contributed by atoms with E-state index < -0.39 is 23.6 Å². The molecule has 3 aromatic heterocycles. The normalized spacial score (nSPS) is 13.4. The van der Waals surface area contributed by atoms with Gasteiger partial charge in [0.15, 0.2) is 17.2 Å². The first kappa shape index (κ1) is 19.3. The van der Waals surface area contributed by atoms with Gasteiger partial charge in [0.05, 0.1) is 10.6 Å². The highest BCUT2D eigenvalue weighted by atomic mass is 32.1. The smallest absolute Gasteiger partial charge is 0.433 e. The lowest BCUT2D eigenvalue weighted by molar-refractivity contribution is -0.142. The van der Waals surface area contributed by atoms with Crippen LogP contribution in [0.1, 0.15) is 16.3 Å². The first-order chi connectivity index (χ1) is 14.9. The average molecular weight is 447 g/mol. The van der Waals surface area contributed by atoms with E-state index >= 15 is 0 Å². The Balaban J connectivity index is 1.51. The van der Waals surface area contributed by atoms with Crippen LogP contribution in [0, 0.1) is 0 Å². The Morgan fingerprint density at radius 2 is 1.90 bits per heavy atom. The van der Waals surface area contributed by atoms with Crippen molar-refractivity contribution in [2.24, 2.45) is 0 Å². The summed E-state index contributed by atoms with van der Waals surface area (Å²) in [6, 6.07) is 8.99. The van der Waals surface area contributed by atoms with E-state index in [2.05, 4.69) is 20.4 Å². The Bertz CT molecular complexity index is 1290. The number of ether oxygens (including phenoxy) is 2. The Kier molecular flexibility index (Phi) is 4.50. The molecule has 0 unspecified atom stereocenters. The number of benzene rings is 1. The third-order valence-corrected chi connectivity index (χ3v) is 5.27. The number of halogens is 3. The highest BCUT2D eigenvalue weighted by Gasteiger charge is 2.36. The molecule has 1 N–H and O–H groups in total. The van der Waals surface area contributed by atoms with Gasteiger partial charge >= 0.3 is 6.18 Å². The predicted molar refractivity (Wildman–Crippen MR) is 104 cm³/mol. The van der Waals surface area contributed by atoms with Gasteiger partial charge in [-0.15, -0.1) is 16.4 Å². The molecule has 0 fully saturated rings. The summed E-state index contributed by atoms with van der Waals surface area (Å²) in [6.45, 7) is 0.794. The number of anilines is 1. The largest absolute Gasteiger partial charge is 0.486 e. The number of aromatic nitrogens is 4. The van der Waals surface area contributed by atoms with E-state index in [0.29, 0.717) is 39.8 Å². The van der Waals surface area contributed by atoms with Crippen LogP contribution in [0.5, 0.6) is 11.5 Å². The summed E-state index contributed by atoms with van der Waals surface area (Å²) in [5.41, 5.74) is -0.621. The van der Waals surface area contributed by atoms with Gasteiger partial charge < -0.3 is 14.8 Å². The molecule has 1 aromatic carbocycles. The summed E-state index contributed by atoms with van der Waals surface area (Å²) in [4.78, 5) is 21.2. The molecule has 4 aromatic rings. The maximum Gasteiger partial charge on any atom is 0.433 e. The Hall–Kier alpha value is -3.67. The summed E-state index contributed by atoms with van der Waals surface area (Å²) in [7, 11) is 0. The van der Waals surface area contributed by atoms with Crippen LogP contribution in [0.3, 0.4) is 0 Å². The second-order valence-electron chi connectivity index (χ2n) is 6.46. The Morgan fingerprint density at radius 1 is 1.10 bits per heavy atom. The summed E-state index contributed by atoms with van der Waals surface area (Å²) in [5.74, 6) is -0.571. The van der Waals surface area contributed by atoms with Gasteiger partial charge in [0.25, 0.3) is 11.7 Å². The van der Waals surface area contributed by atoms with Crippen molar-refractivity contribution in [1.82, 2.24) is 19.6 Å². The number of alkyl halides is 3. The number of carbonyl (C=O) groups is 1. The number of thiophene rings is 1. The molecule has 1 aliphatic heterocycles. The Morgan fingerprint density at radius 3 is 2.65 bits per heavy atom. The third-order valence-electron chi connectivity index (χ3n) is 4.38. The summed E-state index contributed by atoms with van der Waals surface area (Å²) < 4.78 is 52.2. The lowest BCUT2D eigenvalue weighted by Gasteiger charge is -2.18. The average Bonchev–Trinajstić information content (AvgIpc) is 3.42. The molecule has 158 valence electrons. The van der Waals surface area contributed by atoms with Crippen LogP contribution in [0.2, 0.25) is 0 Å². The summed E-state index contributed by atoms with van der Waals surface area (Å²) >= 11 is 1.24. The van der Waals surface area contributed by atoms with Crippen LogP contribution < -0.4 is 14.8 Å². The molecule has 0 bridgehead atoms. The third kappa shape index (κ3) is 3.65. The van der Waals surface area contributed by atoms with Crippen LogP contribution in [-0.4, -0.2) is 38.7 Å². The fourth-order valence-corrected chi connectivity index (χ4v) is 3.71. The maximum atomic E-state index is 13.6. The topological polar surface area (TPSA) is 90.6 Å². The number of rotatable bonds is 3. The van der Waals surface area contributed by atoms with Crippen LogP contribution in [-0.2, 0) is 6.18 Å². The molecular formula is C19H12F3N5O3S. The molecule has 12 heteroatoms. The molecule has 0 radical (unpaired) electrons. The quantitative estimate of drug-likeness (QED) is 0.512. The number of amides is 1. The van der Waals surface area contributed by atoms with E-state index in [1.807, 2.05) is 0 Å². The summed E-state index contributed by atoms with van der Waals surface area (Å²) in [6.07, 6.45) is -4.72. The van der Waals surface area contributed by atoms with Crippen molar-refractivity contribution in [3.05, 3.63) is 53.3 Å². The molecule has 0 atom stereocenters. The monoisotopic (exact) mass is 447 g/mol. The first-order valence-corrected chi connectivity index (χ1v) is 9.86. The fourth-order valence-electron chi connectivity index (χ4n) is 3.03. The zero-order chi connectivity index (χ0) is 21.6. The van der Waals surface area contributed by atoms with Gasteiger partial charge in [-0.05, 0) is 29.6 Å². The van der Waals surface area contributed by atoms with E-state index in [1.54, 1.807) is 35.7 Å². The van der Waals surface area contributed by atoms with Gasteiger partial charge in [-0.2, -0.15) is 22.7 Å². The molecular weight excluding hydrogens is 435 g/mol. The van der Waals surface area contributed by atoms with E-state index in [0.717, 1.165) is 6.07 Å². The van der Waals surface area contributed by atoms with Crippen molar-refractivity contribution in [1.29, 1.82) is 0 Å². The van der Waals surface area contributed by atoms with Gasteiger partial charge in [-0.1, -0.05) is 6.07 Å². The number of nitrogens with zero attached hydrogens (tertiary/aromatic N) is 4. The fraction of sp³-hybridized carbons (Fsp3) is 0.158. The van der Waals surface area contributed by atoms with Crippen molar-refractivity contribution in [3.8, 4) is 22.1 Å². The standard InChI is InChI=1S/C19H12F3N5O3S/c20-19(21,22)15-9-11(14-2-1-7-31-14)24-18-25-16(26-27(15)18)17(28)23-10-3-4-12-13(8-10)30-6-5-29-12/h1-4,7-9H,5-6H2,(H,23,28). The van der Waals surface area contributed by atoms with E-state index in [1.165, 1.54) is 11.3 Å². The second kappa shape index (κ2) is 7.23. The molecule has 0 saturated carbocycles. The van der Waals surface area contributed by atoms with Gasteiger partial charge in [0, 0.05) is 11.8 Å². The van der Waals surface area contributed by atoms with Gasteiger partial charge in [0.2, 0.25) is 5.82 Å². The lowest BCUT2D eigenvalue weighted by Crippen LogP contribution is -2.17. The van der Waals surface area contributed by atoms with E-state index in [9.17, 15) is 18.0 Å². The minimum Gasteiger partial charge on any atom is -0.486 e. The molecule has 0 spiro atoms. The zero-order valence-corrected chi connectivity index (χ0v) is 16.3. The van der Waals surface area contributed by atoms with Gasteiger partial charge in [-0.3, -0.25) is 4.79 Å². The second-order valence-corrected chi connectivity index (χ2v) is 7.41. The molecule has 5 rings (SSSR count). The molecule has 1 aliphatic rings. The predicted octanol–water partition coefficient (Wildman–Crippen LogP) is 3.90. The molecule has 31 heavy (non-hydrogen) atoms. The van der Waals surface area contributed by atoms with Crippen molar-refractivity contribution >= 4 is 28.7 Å². The van der Waals surface area contributed by atoms with Crippen LogP contribution in [0.4, 0.5) is 18.9 Å². The van der Waals surface area contributed by atoms with Crippen molar-refractivity contribution < 1.29 is 27.4 Å². The highest BCUT2D eigenvalue weighted by molar-refractivity contribution is 7.13. The lowest BCUT2D eigenvalue weighted by atomic mass is 10.2. The molecule has 8 nitrogen and oxygen atoms in total. The molecule has 4 heterocycles. The van der Waals surface area contributed by atoms with Crippen molar-refractivity contribution in [2.45, 2.75) is 6.18 Å². The number of nitrogens with one attached hydrogen (secondary N) is 1. The van der Waals surface area contributed by atoms with E-state index in [4.69, 9.17) is 9.47 Å². The first-order valence-electron chi connectivity index (χ1n) is 8.98. The van der Waals surface area contributed by atoms with Crippen LogP contribution >= 0.6 is 11.3 Å². The molecule has 1 amide bonds. The van der Waals surface area contributed by atoms with Gasteiger partial charge in [-0.25, -0.2) is 4.98 Å². The SMILES string of the molecule is O=C(Nc1ccc2c(c1)OCCO2)c1nc2nc(-c3cccs3)cc(C(F)(F)F)n2n1. The van der Waals surface area contributed by atoms with Crippen LogP contribution in [0.25, 0.3) is 16.3 Å². The summed E-state index contributed by atoms with van der Waals surface area (Å²) in [5, 5.41) is 8.02. The van der Waals surface area contributed by atoms with Gasteiger partial charge in [0.1, 0.15) is 13.2 Å². The Labute approximate surface area is 176 Å². The van der Waals surface area contributed by atoms with Crippen molar-refractivity contribution in [3.63, 3.8) is 0 Å². The highest BCUT2D eigenvalue weighted by Crippen LogP contribution is 2.34. The number of fused-ring (bicyclic) bond motifs is 2. The zero-order valence-electron chi connectivity index (χ0n) is 15.5. The van der Waals surface area contributed by atoms with Crippen LogP contribution in [0.15, 0.2) is 41.8 Å². The molecule has 0 saturated heterocycles. The maximum absolute atomic E-state index is 13.6. The van der Waals surface area contributed by atoms with E-state index in [-0.39, 0.29) is 11.5 Å².